The van der Waals surface area contributed by atoms with Crippen LogP contribution in [0.3, 0.4) is 0 Å². The van der Waals surface area contributed by atoms with Crippen LogP contribution in [0.5, 0.6) is 5.75 Å². The fourth-order valence-electron chi connectivity index (χ4n) is 5.29. The zero-order chi connectivity index (χ0) is 22.8. The molecule has 0 unspecified atom stereocenters. The minimum atomic E-state index is -0.725. The van der Waals surface area contributed by atoms with Crippen LogP contribution < -0.4 is 9.64 Å². The number of carbonyl (C=O) groups is 3. The molecule has 3 aliphatic rings. The molecule has 0 aliphatic carbocycles. The number of nitrogens with zero attached hydrogens (tertiary/aromatic N) is 2. The number of hydrogen-bond donors (Lipinski definition) is 0. The largest absolute Gasteiger partial charge is 0.497 e. The molecule has 0 aromatic heterocycles. The Labute approximate surface area is 187 Å². The third-order valence-corrected chi connectivity index (χ3v) is 6.80. The van der Waals surface area contributed by atoms with Crippen LogP contribution in [-0.4, -0.2) is 35.6 Å². The van der Waals surface area contributed by atoms with Gasteiger partial charge >= 0.3 is 0 Å². The number of ether oxygens (including phenoxy) is 1. The van der Waals surface area contributed by atoms with Crippen LogP contribution in [-0.2, 0) is 14.4 Å². The van der Waals surface area contributed by atoms with Crippen LogP contribution in [0.15, 0.2) is 54.7 Å². The standard InChI is InChI=1S/C26H26N2O4/c1-26(2,3)23(29)22-20-19(21-18-8-6-5-7-15(18)13-14-27(21)22)24(30)28(25(20)31)16-9-11-17(32-4)12-10-16/h5-14,19-22H,1-4H3/t19-,20+,21+,22-/m0/s1. The highest BCUT2D eigenvalue weighted by Gasteiger charge is 2.65. The minimum absolute atomic E-state index is 0.0308. The van der Waals surface area contributed by atoms with E-state index in [0.717, 1.165) is 11.1 Å². The number of anilines is 1. The first-order chi connectivity index (χ1) is 15.2. The number of fused-ring (bicyclic) bond motifs is 5. The summed E-state index contributed by atoms with van der Waals surface area (Å²) in [5.74, 6) is -1.30. The lowest BCUT2D eigenvalue weighted by molar-refractivity contribution is -0.135. The Balaban J connectivity index is 1.64. The van der Waals surface area contributed by atoms with E-state index in [1.807, 2.05) is 62.2 Å². The Morgan fingerprint density at radius 2 is 1.59 bits per heavy atom. The van der Waals surface area contributed by atoms with Crippen molar-refractivity contribution in [1.82, 2.24) is 4.90 Å². The van der Waals surface area contributed by atoms with Crippen LogP contribution in [0, 0.1) is 17.3 Å². The molecule has 4 atom stereocenters. The fourth-order valence-corrected chi connectivity index (χ4v) is 5.29. The normalized spacial score (nSPS) is 26.1. The summed E-state index contributed by atoms with van der Waals surface area (Å²) in [6.07, 6.45) is 3.85. The SMILES string of the molecule is COc1ccc(N2C(=O)[C@@H]3[C@H](C2=O)[C@H]2c4ccccc4C=CN2[C@@H]3C(=O)C(C)(C)C)cc1. The first kappa shape index (κ1) is 20.5. The monoisotopic (exact) mass is 430 g/mol. The van der Waals surface area contributed by atoms with E-state index in [2.05, 4.69) is 0 Å². The number of Topliss-reactive ketones (excluding diaryl/α,β-unsaturated/α-hetero) is 1. The second-order valence-corrected chi connectivity index (χ2v) is 9.66. The fraction of sp³-hybridized carbons (Fsp3) is 0.346. The van der Waals surface area contributed by atoms with E-state index < -0.39 is 23.3 Å². The van der Waals surface area contributed by atoms with Crippen molar-refractivity contribution in [3.63, 3.8) is 0 Å². The molecule has 6 heteroatoms. The molecule has 0 spiro atoms. The smallest absolute Gasteiger partial charge is 0.240 e. The van der Waals surface area contributed by atoms with E-state index >= 15 is 0 Å². The zero-order valence-electron chi connectivity index (χ0n) is 18.6. The van der Waals surface area contributed by atoms with E-state index in [9.17, 15) is 14.4 Å². The van der Waals surface area contributed by atoms with Gasteiger partial charge in [0.1, 0.15) is 11.8 Å². The molecule has 3 heterocycles. The molecule has 2 amide bonds. The van der Waals surface area contributed by atoms with Gasteiger partial charge < -0.3 is 9.64 Å². The molecule has 0 N–H and O–H groups in total. The van der Waals surface area contributed by atoms with Crippen molar-refractivity contribution >= 4 is 29.4 Å². The summed E-state index contributed by atoms with van der Waals surface area (Å²) in [5.41, 5.74) is 1.85. The lowest BCUT2D eigenvalue weighted by Crippen LogP contribution is -2.47. The van der Waals surface area contributed by atoms with Gasteiger partial charge in [0, 0.05) is 11.6 Å². The molecule has 2 aromatic rings. The maximum atomic E-state index is 13.7. The van der Waals surface area contributed by atoms with E-state index in [0.29, 0.717) is 11.4 Å². The molecule has 2 fully saturated rings. The van der Waals surface area contributed by atoms with Gasteiger partial charge in [0.25, 0.3) is 0 Å². The van der Waals surface area contributed by atoms with Crippen molar-refractivity contribution in [3.8, 4) is 5.75 Å². The number of hydrogen-bond acceptors (Lipinski definition) is 5. The second-order valence-electron chi connectivity index (χ2n) is 9.66. The van der Waals surface area contributed by atoms with E-state index in [1.54, 1.807) is 31.4 Å². The van der Waals surface area contributed by atoms with Crippen molar-refractivity contribution < 1.29 is 19.1 Å². The summed E-state index contributed by atoms with van der Waals surface area (Å²) in [4.78, 5) is 44.3. The molecule has 32 heavy (non-hydrogen) atoms. The molecular formula is C26H26N2O4. The predicted octanol–water partition coefficient (Wildman–Crippen LogP) is 3.83. The zero-order valence-corrected chi connectivity index (χ0v) is 18.6. The lowest BCUT2D eigenvalue weighted by atomic mass is 9.79. The minimum Gasteiger partial charge on any atom is -0.497 e. The quantitative estimate of drug-likeness (QED) is 0.693. The molecule has 0 bridgehead atoms. The van der Waals surface area contributed by atoms with Gasteiger partial charge in [-0.1, -0.05) is 45.0 Å². The molecule has 3 aliphatic heterocycles. The highest BCUT2D eigenvalue weighted by Crippen LogP contribution is 2.54. The van der Waals surface area contributed by atoms with Crippen molar-refractivity contribution in [2.24, 2.45) is 17.3 Å². The van der Waals surface area contributed by atoms with Crippen molar-refractivity contribution in [1.29, 1.82) is 0 Å². The van der Waals surface area contributed by atoms with Gasteiger partial charge in [0.15, 0.2) is 5.78 Å². The lowest BCUT2D eigenvalue weighted by Gasteiger charge is -2.37. The van der Waals surface area contributed by atoms with Crippen molar-refractivity contribution in [3.05, 3.63) is 65.9 Å². The highest BCUT2D eigenvalue weighted by atomic mass is 16.5. The van der Waals surface area contributed by atoms with Crippen molar-refractivity contribution in [2.75, 3.05) is 12.0 Å². The molecule has 164 valence electrons. The number of methoxy groups -OCH3 is 1. The van der Waals surface area contributed by atoms with Gasteiger partial charge in [-0.25, -0.2) is 4.90 Å². The van der Waals surface area contributed by atoms with Crippen LogP contribution in [0.25, 0.3) is 6.08 Å². The van der Waals surface area contributed by atoms with Crippen LogP contribution in [0.4, 0.5) is 5.69 Å². The molecule has 0 saturated carbocycles. The number of carbonyl (C=O) groups excluding carboxylic acids is 3. The average molecular weight is 431 g/mol. The summed E-state index contributed by atoms with van der Waals surface area (Å²) in [6.45, 7) is 5.59. The second kappa shape index (κ2) is 7.05. The van der Waals surface area contributed by atoms with Gasteiger partial charge in [-0.15, -0.1) is 0 Å². The van der Waals surface area contributed by atoms with Crippen LogP contribution in [0.2, 0.25) is 0 Å². The molecule has 0 radical (unpaired) electrons. The molecule has 5 rings (SSSR count). The van der Waals surface area contributed by atoms with E-state index in [4.69, 9.17) is 4.74 Å². The molecule has 2 aromatic carbocycles. The first-order valence-corrected chi connectivity index (χ1v) is 10.8. The number of imide groups is 1. The number of amides is 2. The summed E-state index contributed by atoms with van der Waals surface area (Å²) >= 11 is 0. The van der Waals surface area contributed by atoms with Gasteiger partial charge in [-0.05, 0) is 41.5 Å². The maximum Gasteiger partial charge on any atom is 0.240 e. The maximum absolute atomic E-state index is 13.7. The number of rotatable bonds is 3. The summed E-state index contributed by atoms with van der Waals surface area (Å²) < 4.78 is 5.21. The summed E-state index contributed by atoms with van der Waals surface area (Å²) in [5, 5.41) is 0. The predicted molar refractivity (Wildman–Crippen MR) is 121 cm³/mol. The number of ketones is 1. The van der Waals surface area contributed by atoms with Gasteiger partial charge in [-0.3, -0.25) is 14.4 Å². The van der Waals surface area contributed by atoms with Crippen LogP contribution >= 0.6 is 0 Å². The van der Waals surface area contributed by atoms with Gasteiger partial charge in [0.2, 0.25) is 11.8 Å². The van der Waals surface area contributed by atoms with Crippen molar-refractivity contribution in [2.45, 2.75) is 32.9 Å². The molecule has 6 nitrogen and oxygen atoms in total. The Hall–Kier alpha value is -3.41. The topological polar surface area (TPSA) is 66.9 Å². The van der Waals surface area contributed by atoms with Crippen LogP contribution in [0.1, 0.15) is 37.9 Å². The Kier molecular flexibility index (Phi) is 4.52. The van der Waals surface area contributed by atoms with E-state index in [-0.39, 0.29) is 23.6 Å². The Morgan fingerprint density at radius 1 is 0.938 bits per heavy atom. The Morgan fingerprint density at radius 3 is 2.25 bits per heavy atom. The first-order valence-electron chi connectivity index (χ1n) is 10.8. The third kappa shape index (κ3) is 2.82. The van der Waals surface area contributed by atoms with Gasteiger partial charge in [0.05, 0.1) is 30.7 Å². The Bertz CT molecular complexity index is 1150. The average Bonchev–Trinajstić information content (AvgIpc) is 3.25. The highest BCUT2D eigenvalue weighted by molar-refractivity contribution is 6.24. The van der Waals surface area contributed by atoms with E-state index in [1.165, 1.54) is 4.90 Å². The number of benzene rings is 2. The van der Waals surface area contributed by atoms with Gasteiger partial charge in [-0.2, -0.15) is 0 Å². The third-order valence-electron chi connectivity index (χ3n) is 6.80. The summed E-state index contributed by atoms with van der Waals surface area (Å²) in [6, 6.07) is 13.7. The molecular weight excluding hydrogens is 404 g/mol. The molecule has 2 saturated heterocycles. The summed E-state index contributed by atoms with van der Waals surface area (Å²) in [7, 11) is 1.57.